The molecule has 0 aliphatic heterocycles. The number of ketones is 1. The number of Topliss-reactive ketones (excluding diaryl/α,β-unsaturated/α-hetero) is 1. The summed E-state index contributed by atoms with van der Waals surface area (Å²) in [5.41, 5.74) is 1.32. The molecule has 1 atom stereocenters. The lowest BCUT2D eigenvalue weighted by atomic mass is 10.1. The molecule has 3 rings (SSSR count). The van der Waals surface area contributed by atoms with Crippen LogP contribution in [0.5, 0.6) is 5.75 Å². The fourth-order valence-electron chi connectivity index (χ4n) is 4.71. The average Bonchev–Trinajstić information content (AvgIpc) is 3.39. The van der Waals surface area contributed by atoms with Crippen LogP contribution >= 0.6 is 0 Å². The van der Waals surface area contributed by atoms with Gasteiger partial charge in [0.25, 0.3) is 0 Å². The summed E-state index contributed by atoms with van der Waals surface area (Å²) in [6.45, 7) is 2.83. The van der Waals surface area contributed by atoms with Crippen molar-refractivity contribution in [1.29, 1.82) is 0 Å². The molecule has 0 saturated heterocycles. The zero-order valence-electron chi connectivity index (χ0n) is 22.5. The van der Waals surface area contributed by atoms with E-state index in [4.69, 9.17) is 4.74 Å². The van der Waals surface area contributed by atoms with Crippen LogP contribution in [0.15, 0.2) is 48.5 Å². The van der Waals surface area contributed by atoms with Gasteiger partial charge in [0.15, 0.2) is 5.78 Å². The van der Waals surface area contributed by atoms with E-state index in [0.717, 1.165) is 41.8 Å². The first-order valence-electron chi connectivity index (χ1n) is 12.8. The van der Waals surface area contributed by atoms with Gasteiger partial charge in [-0.15, -0.1) is 0 Å². The van der Waals surface area contributed by atoms with Gasteiger partial charge in [0.05, 0.1) is 19.1 Å². The second-order valence-electron chi connectivity index (χ2n) is 9.66. The zero-order chi connectivity index (χ0) is 27.9. The molecule has 1 N–H and O–H groups in total. The van der Waals surface area contributed by atoms with E-state index < -0.39 is 28.5 Å². The molecule has 0 aromatic heterocycles. The second-order valence-corrected chi connectivity index (χ2v) is 11.6. The molecule has 38 heavy (non-hydrogen) atoms. The molecule has 2 amide bonds. The number of methoxy groups -OCH3 is 1. The fraction of sp³-hybridized carbons (Fsp3) is 0.464. The fourth-order valence-corrected chi connectivity index (χ4v) is 5.55. The van der Waals surface area contributed by atoms with Crippen molar-refractivity contribution in [3.8, 4) is 5.75 Å². The highest BCUT2D eigenvalue weighted by atomic mass is 32.2. The van der Waals surface area contributed by atoms with Crippen molar-refractivity contribution in [2.24, 2.45) is 0 Å². The molecule has 2 aromatic carbocycles. The van der Waals surface area contributed by atoms with Gasteiger partial charge < -0.3 is 15.0 Å². The third kappa shape index (κ3) is 7.56. The Balaban J connectivity index is 1.94. The predicted octanol–water partition coefficient (Wildman–Crippen LogP) is 3.53. The van der Waals surface area contributed by atoms with E-state index in [-0.39, 0.29) is 30.0 Å². The summed E-state index contributed by atoms with van der Waals surface area (Å²) in [6.07, 6.45) is 5.29. The minimum absolute atomic E-state index is 0.0799. The highest BCUT2D eigenvalue weighted by Crippen LogP contribution is 2.23. The first-order chi connectivity index (χ1) is 18.0. The number of rotatable bonds is 12. The van der Waals surface area contributed by atoms with Crippen molar-refractivity contribution in [2.75, 3.05) is 24.2 Å². The molecule has 1 aliphatic rings. The van der Waals surface area contributed by atoms with Crippen LogP contribution in [0.3, 0.4) is 0 Å². The third-order valence-corrected chi connectivity index (χ3v) is 7.96. The Bertz CT molecular complexity index is 1240. The van der Waals surface area contributed by atoms with Crippen molar-refractivity contribution in [1.82, 2.24) is 10.2 Å². The number of hydrogen-bond donors (Lipinski definition) is 1. The molecular weight excluding hydrogens is 506 g/mol. The van der Waals surface area contributed by atoms with Crippen molar-refractivity contribution in [2.45, 2.75) is 64.6 Å². The van der Waals surface area contributed by atoms with Crippen molar-refractivity contribution in [3.63, 3.8) is 0 Å². The van der Waals surface area contributed by atoms with Crippen molar-refractivity contribution in [3.05, 3.63) is 59.7 Å². The van der Waals surface area contributed by atoms with Gasteiger partial charge in [0.2, 0.25) is 21.8 Å². The molecule has 1 fully saturated rings. The molecular formula is C28H37N3O6S. The summed E-state index contributed by atoms with van der Waals surface area (Å²) in [5, 5.41) is 3.08. The first-order valence-corrected chi connectivity index (χ1v) is 14.7. The van der Waals surface area contributed by atoms with Crippen LogP contribution in [0.1, 0.15) is 61.9 Å². The van der Waals surface area contributed by atoms with E-state index in [1.54, 1.807) is 37.4 Å². The van der Waals surface area contributed by atoms with Crippen molar-refractivity contribution >= 4 is 33.3 Å². The Morgan fingerprint density at radius 2 is 1.74 bits per heavy atom. The van der Waals surface area contributed by atoms with E-state index in [0.29, 0.717) is 17.7 Å². The Kier molecular flexibility index (Phi) is 9.90. The summed E-state index contributed by atoms with van der Waals surface area (Å²) >= 11 is 0. The van der Waals surface area contributed by atoms with Crippen LogP contribution in [-0.4, -0.2) is 62.9 Å². The van der Waals surface area contributed by atoms with Crippen LogP contribution < -0.4 is 14.4 Å². The van der Waals surface area contributed by atoms with Gasteiger partial charge in [-0.3, -0.25) is 18.7 Å². The van der Waals surface area contributed by atoms with Gasteiger partial charge in [-0.2, -0.15) is 0 Å². The van der Waals surface area contributed by atoms with E-state index >= 15 is 0 Å². The lowest BCUT2D eigenvalue weighted by Crippen LogP contribution is -2.53. The van der Waals surface area contributed by atoms with Gasteiger partial charge in [-0.1, -0.05) is 44.0 Å². The zero-order valence-corrected chi connectivity index (χ0v) is 23.3. The van der Waals surface area contributed by atoms with Gasteiger partial charge in [-0.05, 0) is 56.0 Å². The Morgan fingerprint density at radius 1 is 1.08 bits per heavy atom. The van der Waals surface area contributed by atoms with Crippen molar-refractivity contribution < 1.29 is 27.5 Å². The standard InChI is InChI=1S/C28H37N3O6S/c1-5-26(28(34)29-23-10-6-7-11-23)30(18-21-13-15-25(37-3)16-14-21)27(33)19-31(38(4,35)36)24-12-8-9-22(17-24)20(2)32/h8-9,12-17,23,26H,5-7,10-11,18-19H2,1-4H3,(H,29,34). The SMILES string of the molecule is CCC(C(=O)NC1CCCC1)N(Cc1ccc(OC)cc1)C(=O)CN(c1cccc(C(C)=O)c1)S(C)(=O)=O. The number of carbonyl (C=O) groups is 3. The maximum absolute atomic E-state index is 13.8. The maximum Gasteiger partial charge on any atom is 0.244 e. The molecule has 0 bridgehead atoms. The second kappa shape index (κ2) is 12.9. The largest absolute Gasteiger partial charge is 0.497 e. The number of benzene rings is 2. The van der Waals surface area contributed by atoms with Crippen LogP contribution in [0.4, 0.5) is 5.69 Å². The molecule has 9 nitrogen and oxygen atoms in total. The van der Waals surface area contributed by atoms with Gasteiger partial charge >= 0.3 is 0 Å². The van der Waals surface area contributed by atoms with Crippen LogP contribution in [0.25, 0.3) is 0 Å². The molecule has 10 heteroatoms. The van der Waals surface area contributed by atoms with E-state index in [9.17, 15) is 22.8 Å². The summed E-state index contributed by atoms with van der Waals surface area (Å²) in [7, 11) is -2.32. The van der Waals surface area contributed by atoms with Crippen LogP contribution in [0, 0.1) is 0 Å². The van der Waals surface area contributed by atoms with E-state index in [1.807, 2.05) is 19.1 Å². The molecule has 1 saturated carbocycles. The normalized spacial score (nSPS) is 14.5. The number of carbonyl (C=O) groups excluding carboxylic acids is 3. The number of hydrogen-bond acceptors (Lipinski definition) is 6. The molecule has 1 aliphatic carbocycles. The molecule has 0 heterocycles. The quantitative estimate of drug-likeness (QED) is 0.410. The lowest BCUT2D eigenvalue weighted by molar-refractivity contribution is -0.140. The third-order valence-electron chi connectivity index (χ3n) is 6.82. The Labute approximate surface area is 225 Å². The molecule has 2 aromatic rings. The number of ether oxygens (including phenoxy) is 1. The minimum Gasteiger partial charge on any atom is -0.497 e. The topological polar surface area (TPSA) is 113 Å². The van der Waals surface area contributed by atoms with Gasteiger partial charge in [0.1, 0.15) is 18.3 Å². The lowest BCUT2D eigenvalue weighted by Gasteiger charge is -2.33. The molecule has 0 radical (unpaired) electrons. The minimum atomic E-state index is -3.88. The smallest absolute Gasteiger partial charge is 0.244 e. The first kappa shape index (κ1) is 29.2. The Hall–Kier alpha value is -3.40. The highest BCUT2D eigenvalue weighted by Gasteiger charge is 2.33. The summed E-state index contributed by atoms with van der Waals surface area (Å²) < 4.78 is 31.8. The average molecular weight is 544 g/mol. The Morgan fingerprint density at radius 3 is 2.29 bits per heavy atom. The monoisotopic (exact) mass is 543 g/mol. The summed E-state index contributed by atoms with van der Waals surface area (Å²) in [4.78, 5) is 40.5. The molecule has 1 unspecified atom stereocenters. The number of nitrogens with one attached hydrogen (secondary N) is 1. The highest BCUT2D eigenvalue weighted by molar-refractivity contribution is 7.92. The number of anilines is 1. The van der Waals surface area contributed by atoms with Crippen LogP contribution in [-0.2, 0) is 26.2 Å². The number of sulfonamides is 1. The van der Waals surface area contributed by atoms with Gasteiger partial charge in [0, 0.05) is 18.2 Å². The van der Waals surface area contributed by atoms with Gasteiger partial charge in [-0.25, -0.2) is 8.42 Å². The van der Waals surface area contributed by atoms with Crippen LogP contribution in [0.2, 0.25) is 0 Å². The summed E-state index contributed by atoms with van der Waals surface area (Å²) in [5.74, 6) is -0.327. The summed E-state index contributed by atoms with van der Waals surface area (Å²) in [6, 6.07) is 12.6. The van der Waals surface area contributed by atoms with E-state index in [1.165, 1.54) is 17.9 Å². The predicted molar refractivity (Wildman–Crippen MR) is 147 cm³/mol. The molecule has 206 valence electrons. The van der Waals surface area contributed by atoms with E-state index in [2.05, 4.69) is 5.32 Å². The number of amides is 2. The molecule has 0 spiro atoms. The number of nitrogens with zero attached hydrogens (tertiary/aromatic N) is 2. The maximum atomic E-state index is 13.8.